The average molecular weight is 292 g/mol. The molecular weight excluding hydrogens is 264 g/mol. The van der Waals surface area contributed by atoms with Gasteiger partial charge in [-0.25, -0.2) is 0 Å². The van der Waals surface area contributed by atoms with Crippen molar-refractivity contribution in [2.75, 3.05) is 27.2 Å². The summed E-state index contributed by atoms with van der Waals surface area (Å²) in [6.45, 7) is 9.51. The fourth-order valence-electron chi connectivity index (χ4n) is 2.01. The zero-order chi connectivity index (χ0) is 16.0. The van der Waals surface area contributed by atoms with Crippen LogP contribution in [0.1, 0.15) is 37.8 Å². The van der Waals surface area contributed by atoms with Crippen molar-refractivity contribution in [3.05, 3.63) is 29.3 Å². The molecule has 1 aromatic rings. The van der Waals surface area contributed by atoms with Gasteiger partial charge in [-0.1, -0.05) is 26.0 Å². The molecule has 0 fully saturated rings. The van der Waals surface area contributed by atoms with Crippen molar-refractivity contribution in [1.29, 1.82) is 0 Å². The smallest absolute Gasteiger partial charge is 0.260 e. The number of aryl methyl sites for hydroxylation is 1. The summed E-state index contributed by atoms with van der Waals surface area (Å²) in [5.74, 6) is 1.10. The fourth-order valence-corrected chi connectivity index (χ4v) is 2.01. The number of carbonyl (C=O) groups is 1. The van der Waals surface area contributed by atoms with E-state index in [-0.39, 0.29) is 5.91 Å². The zero-order valence-electron chi connectivity index (χ0n) is 14.1. The topological polar surface area (TPSA) is 41.6 Å². The van der Waals surface area contributed by atoms with Gasteiger partial charge in [-0.05, 0) is 51.1 Å². The molecule has 0 aliphatic rings. The van der Waals surface area contributed by atoms with E-state index >= 15 is 0 Å². The lowest BCUT2D eigenvalue weighted by Crippen LogP contribution is -2.39. The highest BCUT2D eigenvalue weighted by Gasteiger charge is 2.17. The molecule has 1 N–H and O–H groups in total. The Labute approximate surface area is 128 Å². The van der Waals surface area contributed by atoms with E-state index in [4.69, 9.17) is 4.74 Å². The molecule has 0 saturated heterocycles. The van der Waals surface area contributed by atoms with Crippen LogP contribution in [0.25, 0.3) is 0 Å². The Kier molecular flexibility index (Phi) is 6.69. The third-order valence-electron chi connectivity index (χ3n) is 3.32. The summed E-state index contributed by atoms with van der Waals surface area (Å²) >= 11 is 0. The first-order valence-electron chi connectivity index (χ1n) is 7.51. The van der Waals surface area contributed by atoms with Crippen LogP contribution in [0.3, 0.4) is 0 Å². The Morgan fingerprint density at radius 3 is 2.52 bits per heavy atom. The number of hydrogen-bond acceptors (Lipinski definition) is 3. The van der Waals surface area contributed by atoms with Gasteiger partial charge in [0.2, 0.25) is 0 Å². The van der Waals surface area contributed by atoms with E-state index in [0.29, 0.717) is 12.5 Å². The van der Waals surface area contributed by atoms with Crippen LogP contribution in [0, 0.1) is 6.92 Å². The van der Waals surface area contributed by atoms with Crippen LogP contribution in [0.2, 0.25) is 0 Å². The lowest BCUT2D eigenvalue weighted by Gasteiger charge is -2.19. The highest BCUT2D eigenvalue weighted by atomic mass is 16.5. The second-order valence-corrected chi connectivity index (χ2v) is 6.05. The van der Waals surface area contributed by atoms with Crippen LogP contribution in [0.5, 0.6) is 5.75 Å². The van der Waals surface area contributed by atoms with Gasteiger partial charge in [0.1, 0.15) is 5.75 Å². The minimum atomic E-state index is -0.494. The van der Waals surface area contributed by atoms with Crippen molar-refractivity contribution in [2.45, 2.75) is 39.7 Å². The van der Waals surface area contributed by atoms with Gasteiger partial charge < -0.3 is 15.0 Å². The van der Waals surface area contributed by atoms with Crippen LogP contribution in [0.4, 0.5) is 0 Å². The van der Waals surface area contributed by atoms with Gasteiger partial charge in [0, 0.05) is 13.1 Å². The monoisotopic (exact) mass is 292 g/mol. The summed E-state index contributed by atoms with van der Waals surface area (Å²) in [6, 6.07) is 6.15. The van der Waals surface area contributed by atoms with Crippen molar-refractivity contribution in [2.24, 2.45) is 0 Å². The van der Waals surface area contributed by atoms with E-state index in [1.165, 1.54) is 0 Å². The summed E-state index contributed by atoms with van der Waals surface area (Å²) in [7, 11) is 3.96. The number of hydrogen-bond donors (Lipinski definition) is 1. The third kappa shape index (κ3) is 5.76. The van der Waals surface area contributed by atoms with E-state index in [0.717, 1.165) is 23.4 Å². The Morgan fingerprint density at radius 2 is 1.95 bits per heavy atom. The fraction of sp³-hybridized carbons (Fsp3) is 0.588. The first-order chi connectivity index (χ1) is 9.81. The molecule has 0 unspecified atom stereocenters. The van der Waals surface area contributed by atoms with Crippen molar-refractivity contribution >= 4 is 5.91 Å². The Hall–Kier alpha value is -1.55. The maximum absolute atomic E-state index is 12.0. The molecule has 1 rings (SSSR count). The SMILES string of the molecule is Cc1ccc(C(C)C)c(O[C@@H](C)C(=O)NCCN(C)C)c1. The molecule has 21 heavy (non-hydrogen) atoms. The predicted molar refractivity (Wildman–Crippen MR) is 86.9 cm³/mol. The molecule has 0 aliphatic heterocycles. The first-order valence-corrected chi connectivity index (χ1v) is 7.51. The largest absolute Gasteiger partial charge is 0.481 e. The molecule has 4 heteroatoms. The Bertz CT molecular complexity index is 470. The van der Waals surface area contributed by atoms with Crippen molar-refractivity contribution in [3.8, 4) is 5.75 Å². The summed E-state index contributed by atoms with van der Waals surface area (Å²) in [5.41, 5.74) is 2.27. The van der Waals surface area contributed by atoms with E-state index in [2.05, 4.69) is 31.3 Å². The van der Waals surface area contributed by atoms with Gasteiger partial charge in [0.25, 0.3) is 5.91 Å². The van der Waals surface area contributed by atoms with Gasteiger partial charge in [-0.3, -0.25) is 4.79 Å². The molecule has 0 aromatic heterocycles. The molecule has 0 saturated carbocycles. The van der Waals surface area contributed by atoms with Gasteiger partial charge >= 0.3 is 0 Å². The van der Waals surface area contributed by atoms with Crippen LogP contribution in [0.15, 0.2) is 18.2 Å². The molecule has 1 atom stereocenters. The molecule has 0 radical (unpaired) electrons. The standard InChI is InChI=1S/C17H28N2O2/c1-12(2)15-8-7-13(3)11-16(15)21-14(4)17(20)18-9-10-19(5)6/h7-8,11-12,14H,9-10H2,1-6H3,(H,18,20)/t14-/m0/s1. The minimum Gasteiger partial charge on any atom is -0.481 e. The zero-order valence-corrected chi connectivity index (χ0v) is 14.1. The molecule has 0 spiro atoms. The van der Waals surface area contributed by atoms with Crippen LogP contribution in [-0.2, 0) is 4.79 Å². The van der Waals surface area contributed by atoms with E-state index in [9.17, 15) is 4.79 Å². The number of ether oxygens (including phenoxy) is 1. The van der Waals surface area contributed by atoms with Crippen LogP contribution < -0.4 is 10.1 Å². The molecule has 1 aromatic carbocycles. The lowest BCUT2D eigenvalue weighted by molar-refractivity contribution is -0.127. The predicted octanol–water partition coefficient (Wildman–Crippen LogP) is 2.56. The first kappa shape index (κ1) is 17.5. The average Bonchev–Trinajstić information content (AvgIpc) is 2.37. The van der Waals surface area contributed by atoms with Gasteiger partial charge in [-0.2, -0.15) is 0 Å². The lowest BCUT2D eigenvalue weighted by atomic mass is 10.0. The molecule has 4 nitrogen and oxygen atoms in total. The summed E-state index contributed by atoms with van der Waals surface area (Å²) in [6.07, 6.45) is -0.494. The third-order valence-corrected chi connectivity index (χ3v) is 3.32. The number of rotatable bonds is 7. The highest BCUT2D eigenvalue weighted by molar-refractivity contribution is 5.80. The quantitative estimate of drug-likeness (QED) is 0.840. The maximum Gasteiger partial charge on any atom is 0.260 e. The minimum absolute atomic E-state index is 0.0759. The number of nitrogens with one attached hydrogen (secondary N) is 1. The summed E-state index contributed by atoms with van der Waals surface area (Å²) in [5, 5.41) is 2.89. The van der Waals surface area contributed by atoms with E-state index in [1.54, 1.807) is 6.92 Å². The molecular formula is C17H28N2O2. The number of amides is 1. The normalized spacial score (nSPS) is 12.6. The van der Waals surface area contributed by atoms with Gasteiger partial charge in [0.05, 0.1) is 0 Å². The van der Waals surface area contributed by atoms with Gasteiger partial charge in [-0.15, -0.1) is 0 Å². The molecule has 118 valence electrons. The Balaban J connectivity index is 2.67. The van der Waals surface area contributed by atoms with E-state index in [1.807, 2.05) is 32.0 Å². The van der Waals surface area contributed by atoms with Gasteiger partial charge in [0.15, 0.2) is 6.10 Å². The Morgan fingerprint density at radius 1 is 1.29 bits per heavy atom. The molecule has 0 bridgehead atoms. The van der Waals surface area contributed by atoms with Crippen molar-refractivity contribution in [1.82, 2.24) is 10.2 Å². The summed E-state index contributed by atoms with van der Waals surface area (Å²) in [4.78, 5) is 14.1. The second-order valence-electron chi connectivity index (χ2n) is 6.05. The van der Waals surface area contributed by atoms with Crippen LogP contribution in [-0.4, -0.2) is 44.1 Å². The van der Waals surface area contributed by atoms with Crippen molar-refractivity contribution < 1.29 is 9.53 Å². The summed E-state index contributed by atoms with van der Waals surface area (Å²) < 4.78 is 5.88. The highest BCUT2D eigenvalue weighted by Crippen LogP contribution is 2.28. The van der Waals surface area contributed by atoms with Crippen LogP contribution >= 0.6 is 0 Å². The van der Waals surface area contributed by atoms with E-state index < -0.39 is 6.10 Å². The molecule has 0 heterocycles. The van der Waals surface area contributed by atoms with Crippen molar-refractivity contribution in [3.63, 3.8) is 0 Å². The number of benzene rings is 1. The molecule has 1 amide bonds. The number of carbonyl (C=O) groups excluding carboxylic acids is 1. The number of nitrogens with zero attached hydrogens (tertiary/aromatic N) is 1. The maximum atomic E-state index is 12.0. The second kappa shape index (κ2) is 8.03. The molecule has 0 aliphatic carbocycles. The number of likely N-dealkylation sites (N-methyl/N-ethyl adjacent to an activating group) is 1.